The maximum Gasteiger partial charge on any atom is 0.246 e. The van der Waals surface area contributed by atoms with Crippen molar-refractivity contribution in [2.45, 2.75) is 13.5 Å². The third kappa shape index (κ3) is 6.19. The summed E-state index contributed by atoms with van der Waals surface area (Å²) >= 11 is 0. The van der Waals surface area contributed by atoms with Crippen molar-refractivity contribution in [1.29, 1.82) is 0 Å². The summed E-state index contributed by atoms with van der Waals surface area (Å²) in [4.78, 5) is 18.6. The van der Waals surface area contributed by atoms with Gasteiger partial charge in [0.15, 0.2) is 5.96 Å². The summed E-state index contributed by atoms with van der Waals surface area (Å²) in [5.41, 5.74) is 1.74. The van der Waals surface area contributed by atoms with E-state index in [0.717, 1.165) is 22.7 Å². The van der Waals surface area contributed by atoms with Gasteiger partial charge in [0.05, 0.1) is 14.2 Å². The Balaban J connectivity index is 2.05. The predicted molar refractivity (Wildman–Crippen MR) is 112 cm³/mol. The molecule has 2 aromatic rings. The number of guanidine groups is 1. The first-order valence-electron chi connectivity index (χ1n) is 9.12. The fraction of sp³-hybridized carbons (Fsp3) is 0.333. The van der Waals surface area contributed by atoms with Crippen LogP contribution in [0.4, 0.5) is 5.69 Å². The number of nitrogens with one attached hydrogen (secondary N) is 2. The lowest BCUT2D eigenvalue weighted by Crippen LogP contribution is -2.39. The van der Waals surface area contributed by atoms with Gasteiger partial charge in [-0.15, -0.1) is 0 Å². The second-order valence-corrected chi connectivity index (χ2v) is 6.12. The van der Waals surface area contributed by atoms with Crippen LogP contribution in [-0.2, 0) is 11.3 Å². The van der Waals surface area contributed by atoms with E-state index in [2.05, 4.69) is 15.6 Å². The van der Waals surface area contributed by atoms with Gasteiger partial charge >= 0.3 is 0 Å². The summed E-state index contributed by atoms with van der Waals surface area (Å²) in [6.07, 6.45) is 0. The van der Waals surface area contributed by atoms with Crippen molar-refractivity contribution in [3.63, 3.8) is 0 Å². The number of carbonyl (C=O) groups excluding carboxylic acids is 1. The summed E-state index contributed by atoms with van der Waals surface area (Å²) in [6.45, 7) is 3.28. The molecule has 0 aliphatic carbocycles. The number of methoxy groups -OCH3 is 2. The van der Waals surface area contributed by atoms with Crippen molar-refractivity contribution in [3.05, 3.63) is 54.1 Å². The number of hydrogen-bond donors (Lipinski definition) is 2. The highest BCUT2D eigenvalue weighted by Gasteiger charge is 2.12. The quantitative estimate of drug-likeness (QED) is 0.541. The summed E-state index contributed by atoms with van der Waals surface area (Å²) in [5, 5.41) is 6.05. The summed E-state index contributed by atoms with van der Waals surface area (Å²) in [5.74, 6) is 1.95. The van der Waals surface area contributed by atoms with Crippen molar-refractivity contribution < 1.29 is 14.3 Å². The zero-order chi connectivity index (χ0) is 20.4. The highest BCUT2D eigenvalue weighted by Crippen LogP contribution is 2.25. The first-order valence-corrected chi connectivity index (χ1v) is 9.12. The van der Waals surface area contributed by atoms with Gasteiger partial charge in [-0.25, -0.2) is 4.99 Å². The van der Waals surface area contributed by atoms with Crippen LogP contribution in [0.3, 0.4) is 0 Å². The van der Waals surface area contributed by atoms with E-state index in [4.69, 9.17) is 9.47 Å². The van der Waals surface area contributed by atoms with Crippen LogP contribution >= 0.6 is 0 Å². The molecule has 0 atom stereocenters. The van der Waals surface area contributed by atoms with Crippen LogP contribution in [0.15, 0.2) is 53.5 Å². The normalized spacial score (nSPS) is 10.9. The van der Waals surface area contributed by atoms with Gasteiger partial charge in [-0.2, -0.15) is 0 Å². The Morgan fingerprint density at radius 1 is 1.11 bits per heavy atom. The molecule has 1 amide bonds. The highest BCUT2D eigenvalue weighted by atomic mass is 16.5. The number of aliphatic imine (C=N–C) groups is 1. The van der Waals surface area contributed by atoms with E-state index in [-0.39, 0.29) is 12.5 Å². The van der Waals surface area contributed by atoms with Crippen LogP contribution in [0.5, 0.6) is 11.5 Å². The Kier molecular flexibility index (Phi) is 8.14. The monoisotopic (exact) mass is 384 g/mol. The largest absolute Gasteiger partial charge is 0.497 e. The molecule has 28 heavy (non-hydrogen) atoms. The average molecular weight is 384 g/mol. The summed E-state index contributed by atoms with van der Waals surface area (Å²) in [7, 11) is 5.17. The SMILES string of the molecule is CCNC(=NCC(=O)Nc1ccccc1)N(C)Cc1ccc(OC)cc1OC. The standard InChI is InChI=1S/C21H28N4O3/c1-5-22-21(23-14-20(26)24-17-9-7-6-8-10-17)25(2)15-16-11-12-18(27-3)13-19(16)28-4/h6-13H,5,14-15H2,1-4H3,(H,22,23)(H,24,26). The van der Waals surface area contributed by atoms with Crippen molar-refractivity contribution in [2.75, 3.05) is 39.7 Å². The predicted octanol–water partition coefficient (Wildman–Crippen LogP) is 2.74. The molecule has 150 valence electrons. The Hall–Kier alpha value is -3.22. The fourth-order valence-corrected chi connectivity index (χ4v) is 2.65. The molecule has 0 aliphatic rings. The van der Waals surface area contributed by atoms with Crippen LogP contribution in [0.25, 0.3) is 0 Å². The average Bonchev–Trinajstić information content (AvgIpc) is 2.72. The van der Waals surface area contributed by atoms with E-state index in [1.807, 2.05) is 67.4 Å². The first-order chi connectivity index (χ1) is 13.6. The van der Waals surface area contributed by atoms with Crippen LogP contribution < -0.4 is 20.1 Å². The fourth-order valence-electron chi connectivity index (χ4n) is 2.65. The lowest BCUT2D eigenvalue weighted by atomic mass is 10.2. The number of benzene rings is 2. The second kappa shape index (κ2) is 10.8. The van der Waals surface area contributed by atoms with Crippen molar-refractivity contribution >= 4 is 17.6 Å². The van der Waals surface area contributed by atoms with Gasteiger partial charge in [-0.1, -0.05) is 18.2 Å². The molecule has 7 nitrogen and oxygen atoms in total. The van der Waals surface area contributed by atoms with E-state index in [0.29, 0.717) is 19.0 Å². The Morgan fingerprint density at radius 3 is 2.50 bits per heavy atom. The van der Waals surface area contributed by atoms with E-state index < -0.39 is 0 Å². The molecule has 0 saturated carbocycles. The van der Waals surface area contributed by atoms with Gasteiger partial charge in [0.25, 0.3) is 0 Å². The topological polar surface area (TPSA) is 75.2 Å². The lowest BCUT2D eigenvalue weighted by Gasteiger charge is -2.23. The number of hydrogen-bond acceptors (Lipinski definition) is 4. The van der Waals surface area contributed by atoms with Crippen LogP contribution in [-0.4, -0.2) is 51.1 Å². The van der Waals surface area contributed by atoms with Gasteiger partial charge in [-0.3, -0.25) is 4.79 Å². The third-order valence-corrected chi connectivity index (χ3v) is 4.03. The van der Waals surface area contributed by atoms with Gasteiger partial charge in [0.1, 0.15) is 18.0 Å². The number of rotatable bonds is 8. The molecule has 0 heterocycles. The molecule has 0 radical (unpaired) electrons. The van der Waals surface area contributed by atoms with Gasteiger partial charge in [0.2, 0.25) is 5.91 Å². The molecule has 7 heteroatoms. The molecular formula is C21H28N4O3. The van der Waals surface area contributed by atoms with Crippen molar-refractivity contribution in [1.82, 2.24) is 10.2 Å². The van der Waals surface area contributed by atoms with E-state index in [1.54, 1.807) is 14.2 Å². The maximum atomic E-state index is 12.2. The smallest absolute Gasteiger partial charge is 0.246 e. The van der Waals surface area contributed by atoms with Crippen LogP contribution in [0.2, 0.25) is 0 Å². The second-order valence-electron chi connectivity index (χ2n) is 6.12. The molecule has 0 aromatic heterocycles. The van der Waals surface area contributed by atoms with E-state index in [1.165, 1.54) is 0 Å². The van der Waals surface area contributed by atoms with Gasteiger partial charge < -0.3 is 25.0 Å². The molecule has 0 saturated heterocycles. The summed E-state index contributed by atoms with van der Waals surface area (Å²) in [6, 6.07) is 15.0. The summed E-state index contributed by atoms with van der Waals surface area (Å²) < 4.78 is 10.7. The van der Waals surface area contributed by atoms with Gasteiger partial charge in [-0.05, 0) is 31.2 Å². The zero-order valence-corrected chi connectivity index (χ0v) is 16.9. The van der Waals surface area contributed by atoms with E-state index in [9.17, 15) is 4.79 Å². The molecule has 0 unspecified atom stereocenters. The number of ether oxygens (including phenoxy) is 2. The highest BCUT2D eigenvalue weighted by molar-refractivity contribution is 5.94. The van der Waals surface area contributed by atoms with E-state index >= 15 is 0 Å². The minimum absolute atomic E-state index is 0.0291. The number of nitrogens with zero attached hydrogens (tertiary/aromatic N) is 2. The molecule has 0 bridgehead atoms. The Morgan fingerprint density at radius 2 is 1.86 bits per heavy atom. The number of carbonyl (C=O) groups is 1. The maximum absolute atomic E-state index is 12.2. The van der Waals surface area contributed by atoms with Crippen molar-refractivity contribution in [3.8, 4) is 11.5 Å². The first kappa shape index (κ1) is 21.1. The van der Waals surface area contributed by atoms with Crippen LogP contribution in [0, 0.1) is 0 Å². The van der Waals surface area contributed by atoms with Crippen LogP contribution in [0.1, 0.15) is 12.5 Å². The number of para-hydroxylation sites is 1. The number of anilines is 1. The molecule has 2 N–H and O–H groups in total. The lowest BCUT2D eigenvalue weighted by molar-refractivity contribution is -0.114. The Bertz CT molecular complexity index is 793. The number of amides is 1. The minimum atomic E-state index is -0.169. The van der Waals surface area contributed by atoms with Gasteiger partial charge in [0, 0.05) is 37.5 Å². The molecule has 0 spiro atoms. The molecular weight excluding hydrogens is 356 g/mol. The van der Waals surface area contributed by atoms with Crippen molar-refractivity contribution in [2.24, 2.45) is 4.99 Å². The molecule has 0 aliphatic heterocycles. The Labute approximate surface area is 166 Å². The molecule has 2 rings (SSSR count). The molecule has 0 fully saturated rings. The zero-order valence-electron chi connectivity index (χ0n) is 16.9. The molecule has 2 aromatic carbocycles. The third-order valence-electron chi connectivity index (χ3n) is 4.03. The minimum Gasteiger partial charge on any atom is -0.497 e.